The number of benzene rings is 1. The van der Waals surface area contributed by atoms with Gasteiger partial charge in [0.05, 0.1) is 42.0 Å². The van der Waals surface area contributed by atoms with E-state index in [1.165, 1.54) is 0 Å². The van der Waals surface area contributed by atoms with Crippen molar-refractivity contribution in [2.24, 2.45) is 0 Å². The number of urea groups is 1. The molecular weight excluding hydrogens is 324 g/mol. The molecule has 1 saturated heterocycles. The first-order valence-electron chi connectivity index (χ1n) is 7.67. The van der Waals surface area contributed by atoms with E-state index in [4.69, 9.17) is 10.00 Å². The number of amides is 2. The fourth-order valence-electron chi connectivity index (χ4n) is 2.49. The molecule has 2 amide bonds. The molecule has 2 heterocycles. The maximum absolute atomic E-state index is 12.1. The van der Waals surface area contributed by atoms with Gasteiger partial charge in [0.25, 0.3) is 0 Å². The van der Waals surface area contributed by atoms with Gasteiger partial charge in [0, 0.05) is 4.88 Å². The van der Waals surface area contributed by atoms with E-state index in [0.29, 0.717) is 30.9 Å². The van der Waals surface area contributed by atoms with Crippen LogP contribution in [0.3, 0.4) is 0 Å². The van der Waals surface area contributed by atoms with Crippen LogP contribution in [0, 0.1) is 25.2 Å². The van der Waals surface area contributed by atoms with Crippen LogP contribution in [-0.2, 0) is 6.54 Å². The lowest BCUT2D eigenvalue weighted by Crippen LogP contribution is -2.58. The third kappa shape index (κ3) is 3.66. The second kappa shape index (κ2) is 6.89. The average molecular weight is 342 g/mol. The van der Waals surface area contributed by atoms with Crippen LogP contribution in [0.1, 0.15) is 21.1 Å². The molecule has 1 aromatic heterocycles. The number of hydrogen-bond acceptors (Lipinski definition) is 5. The van der Waals surface area contributed by atoms with Gasteiger partial charge in [-0.2, -0.15) is 5.26 Å². The molecule has 0 aliphatic carbocycles. The summed E-state index contributed by atoms with van der Waals surface area (Å²) in [4.78, 5) is 19.4. The van der Waals surface area contributed by atoms with Crippen molar-refractivity contribution in [1.29, 1.82) is 5.26 Å². The Bertz CT molecular complexity index is 773. The zero-order chi connectivity index (χ0) is 17.1. The number of nitrogens with one attached hydrogen (secondary N) is 1. The maximum atomic E-state index is 12.1. The lowest BCUT2D eigenvalue weighted by atomic mass is 10.1. The maximum Gasteiger partial charge on any atom is 0.317 e. The Morgan fingerprint density at radius 2 is 2.12 bits per heavy atom. The van der Waals surface area contributed by atoms with Gasteiger partial charge in [0.1, 0.15) is 11.9 Å². The fourth-order valence-corrected chi connectivity index (χ4v) is 3.32. The van der Waals surface area contributed by atoms with Crippen molar-refractivity contribution >= 4 is 17.4 Å². The Balaban J connectivity index is 1.43. The quantitative estimate of drug-likeness (QED) is 0.926. The minimum Gasteiger partial charge on any atom is -0.487 e. The number of aryl methyl sites for hydroxylation is 2. The number of nitriles is 1. The zero-order valence-corrected chi connectivity index (χ0v) is 14.4. The summed E-state index contributed by atoms with van der Waals surface area (Å²) in [5.41, 5.74) is 1.53. The molecule has 1 aliphatic heterocycles. The Morgan fingerprint density at radius 1 is 1.42 bits per heavy atom. The number of nitrogens with zero attached hydrogens (tertiary/aromatic N) is 3. The van der Waals surface area contributed by atoms with Crippen LogP contribution < -0.4 is 10.1 Å². The van der Waals surface area contributed by atoms with E-state index in [-0.39, 0.29) is 12.1 Å². The highest BCUT2D eigenvalue weighted by molar-refractivity contribution is 7.11. The topological polar surface area (TPSA) is 78.2 Å². The molecule has 0 bridgehead atoms. The van der Waals surface area contributed by atoms with E-state index in [2.05, 4.69) is 16.4 Å². The number of rotatable bonds is 4. The number of carbonyl (C=O) groups is 1. The number of thiazole rings is 1. The highest BCUT2D eigenvalue weighted by Crippen LogP contribution is 2.19. The first kappa shape index (κ1) is 16.3. The molecule has 2 aromatic rings. The summed E-state index contributed by atoms with van der Waals surface area (Å²) in [6.45, 7) is 5.54. The molecule has 124 valence electrons. The van der Waals surface area contributed by atoms with Crippen molar-refractivity contribution in [3.63, 3.8) is 0 Å². The van der Waals surface area contributed by atoms with Crippen molar-refractivity contribution in [1.82, 2.24) is 15.2 Å². The van der Waals surface area contributed by atoms with Crippen LogP contribution in [0.5, 0.6) is 5.75 Å². The molecule has 0 saturated carbocycles. The van der Waals surface area contributed by atoms with Gasteiger partial charge in [0.2, 0.25) is 0 Å². The van der Waals surface area contributed by atoms with Crippen molar-refractivity contribution < 1.29 is 9.53 Å². The number of ether oxygens (including phenoxy) is 1. The smallest absolute Gasteiger partial charge is 0.317 e. The largest absolute Gasteiger partial charge is 0.487 e. The summed E-state index contributed by atoms with van der Waals surface area (Å²) in [5, 5.41) is 12.7. The van der Waals surface area contributed by atoms with Crippen molar-refractivity contribution in [3.05, 3.63) is 45.4 Å². The van der Waals surface area contributed by atoms with Crippen molar-refractivity contribution in [2.45, 2.75) is 26.5 Å². The van der Waals surface area contributed by atoms with Crippen molar-refractivity contribution in [2.75, 3.05) is 13.1 Å². The molecule has 1 aliphatic rings. The van der Waals surface area contributed by atoms with Gasteiger partial charge in [-0.15, -0.1) is 11.3 Å². The Morgan fingerprint density at radius 3 is 2.71 bits per heavy atom. The van der Waals surface area contributed by atoms with Gasteiger partial charge in [-0.05, 0) is 38.1 Å². The Labute approximate surface area is 144 Å². The summed E-state index contributed by atoms with van der Waals surface area (Å²) >= 11 is 1.64. The number of carbonyl (C=O) groups excluding carboxylic acids is 1. The van der Waals surface area contributed by atoms with E-state index in [9.17, 15) is 4.79 Å². The predicted octanol–water partition coefficient (Wildman–Crippen LogP) is 2.60. The second-order valence-corrected chi connectivity index (χ2v) is 7.08. The minimum atomic E-state index is -0.0975. The zero-order valence-electron chi connectivity index (χ0n) is 13.6. The molecule has 0 radical (unpaired) electrons. The molecular formula is C17H18N4O2S. The van der Waals surface area contributed by atoms with Gasteiger partial charge < -0.3 is 15.0 Å². The highest BCUT2D eigenvalue weighted by Gasteiger charge is 2.32. The summed E-state index contributed by atoms with van der Waals surface area (Å²) in [5.74, 6) is 0.715. The van der Waals surface area contributed by atoms with Crippen LogP contribution >= 0.6 is 11.3 Å². The second-order valence-electron chi connectivity index (χ2n) is 5.68. The third-order valence-electron chi connectivity index (χ3n) is 3.83. The normalized spacial score (nSPS) is 14.0. The van der Waals surface area contributed by atoms with E-state index in [1.807, 2.05) is 13.8 Å². The molecule has 24 heavy (non-hydrogen) atoms. The lowest BCUT2D eigenvalue weighted by Gasteiger charge is -2.38. The third-order valence-corrected chi connectivity index (χ3v) is 4.76. The molecule has 1 N–H and O–H groups in total. The molecule has 0 atom stereocenters. The Kier molecular flexibility index (Phi) is 4.67. The van der Waals surface area contributed by atoms with E-state index in [0.717, 1.165) is 15.6 Å². The first-order valence-corrected chi connectivity index (χ1v) is 8.49. The highest BCUT2D eigenvalue weighted by atomic mass is 32.1. The van der Waals surface area contributed by atoms with Gasteiger partial charge in [-0.3, -0.25) is 0 Å². The minimum absolute atomic E-state index is 0.00746. The van der Waals surface area contributed by atoms with Gasteiger partial charge >= 0.3 is 6.03 Å². The summed E-state index contributed by atoms with van der Waals surface area (Å²) in [6.07, 6.45) is -0.00746. The lowest BCUT2D eigenvalue weighted by molar-refractivity contribution is 0.0443. The van der Waals surface area contributed by atoms with Gasteiger partial charge in [-0.1, -0.05) is 0 Å². The number of likely N-dealkylation sites (tertiary alicyclic amines) is 1. The van der Waals surface area contributed by atoms with Gasteiger partial charge in [-0.25, -0.2) is 9.78 Å². The standard InChI is InChI=1S/C17H18N4O2S/c1-11-16(20-12(2)24-11)8-19-17(22)21-9-15(10-21)23-14-5-3-13(7-18)4-6-14/h3-6,15H,8-10H2,1-2H3,(H,19,22). The molecule has 6 nitrogen and oxygen atoms in total. The Hall–Kier alpha value is -2.59. The average Bonchev–Trinajstić information content (AvgIpc) is 2.86. The summed E-state index contributed by atoms with van der Waals surface area (Å²) in [7, 11) is 0. The molecule has 0 spiro atoms. The molecule has 3 rings (SSSR count). The van der Waals surface area contributed by atoms with Crippen LogP contribution in [0.4, 0.5) is 4.79 Å². The monoisotopic (exact) mass is 342 g/mol. The summed E-state index contributed by atoms with van der Waals surface area (Å²) < 4.78 is 5.77. The molecule has 1 fully saturated rings. The fraction of sp³-hybridized carbons (Fsp3) is 0.353. The number of aromatic nitrogens is 1. The van der Waals surface area contributed by atoms with E-state index >= 15 is 0 Å². The first-order chi connectivity index (χ1) is 11.5. The van der Waals surface area contributed by atoms with Gasteiger partial charge in [0.15, 0.2) is 0 Å². The van der Waals surface area contributed by atoms with E-state index < -0.39 is 0 Å². The molecule has 0 unspecified atom stereocenters. The van der Waals surface area contributed by atoms with Crippen molar-refractivity contribution in [3.8, 4) is 11.8 Å². The van der Waals surface area contributed by atoms with Crippen LogP contribution in [-0.4, -0.2) is 35.1 Å². The van der Waals surface area contributed by atoms with E-state index in [1.54, 1.807) is 40.5 Å². The molecule has 7 heteroatoms. The van der Waals surface area contributed by atoms with Crippen LogP contribution in [0.2, 0.25) is 0 Å². The van der Waals surface area contributed by atoms with Crippen LogP contribution in [0.15, 0.2) is 24.3 Å². The number of hydrogen-bond donors (Lipinski definition) is 1. The predicted molar refractivity (Wildman–Crippen MR) is 91.0 cm³/mol. The van der Waals surface area contributed by atoms with Crippen LogP contribution in [0.25, 0.3) is 0 Å². The summed E-state index contributed by atoms with van der Waals surface area (Å²) in [6, 6.07) is 8.95. The SMILES string of the molecule is Cc1nc(CNC(=O)N2CC(Oc3ccc(C#N)cc3)C2)c(C)s1. The molecule has 1 aromatic carbocycles.